The van der Waals surface area contributed by atoms with Crippen LogP contribution in [0.3, 0.4) is 0 Å². The minimum absolute atomic E-state index is 0.00567. The van der Waals surface area contributed by atoms with Crippen molar-refractivity contribution in [2.24, 2.45) is 5.92 Å². The largest absolute Gasteiger partial charge is 0.493 e. The summed E-state index contributed by atoms with van der Waals surface area (Å²) < 4.78 is 5.67. The number of hydrogen-bond donors (Lipinski definition) is 1. The van der Waals surface area contributed by atoms with Crippen LogP contribution in [0.2, 0.25) is 5.02 Å². The molecule has 2 amide bonds. The van der Waals surface area contributed by atoms with Gasteiger partial charge in [-0.05, 0) is 43.2 Å². The second-order valence-electron chi connectivity index (χ2n) is 7.31. The number of hydrogen-bond acceptors (Lipinski definition) is 3. The predicted molar refractivity (Wildman–Crippen MR) is 108 cm³/mol. The molecule has 0 bridgehead atoms. The van der Waals surface area contributed by atoms with Gasteiger partial charge in [0.15, 0.2) is 0 Å². The van der Waals surface area contributed by atoms with Crippen LogP contribution in [0.4, 0.5) is 0 Å². The fourth-order valence-corrected chi connectivity index (χ4v) is 4.03. The molecular formula is C22H23ClN2O3. The van der Waals surface area contributed by atoms with Crippen molar-refractivity contribution in [2.45, 2.75) is 25.3 Å². The highest BCUT2D eigenvalue weighted by Gasteiger charge is 2.30. The molecule has 4 rings (SSSR count). The number of fused-ring (bicyclic) bond motifs is 1. The van der Waals surface area contributed by atoms with Crippen molar-refractivity contribution in [1.29, 1.82) is 0 Å². The highest BCUT2D eigenvalue weighted by molar-refractivity contribution is 6.30. The Morgan fingerprint density at radius 1 is 1.00 bits per heavy atom. The Morgan fingerprint density at radius 2 is 1.71 bits per heavy atom. The third kappa shape index (κ3) is 3.99. The van der Waals surface area contributed by atoms with Crippen molar-refractivity contribution < 1.29 is 14.3 Å². The molecule has 146 valence electrons. The van der Waals surface area contributed by atoms with Crippen molar-refractivity contribution in [1.82, 2.24) is 10.2 Å². The quantitative estimate of drug-likeness (QED) is 0.854. The van der Waals surface area contributed by atoms with E-state index < -0.39 is 0 Å². The Morgan fingerprint density at radius 3 is 2.46 bits per heavy atom. The first-order valence-electron chi connectivity index (χ1n) is 9.69. The van der Waals surface area contributed by atoms with E-state index in [1.807, 2.05) is 29.2 Å². The van der Waals surface area contributed by atoms with Crippen LogP contribution in [0.5, 0.6) is 5.75 Å². The molecule has 2 aliphatic heterocycles. The molecule has 5 nitrogen and oxygen atoms in total. The summed E-state index contributed by atoms with van der Waals surface area (Å²) in [5.74, 6) is 0.848. The van der Waals surface area contributed by atoms with Gasteiger partial charge in [-0.2, -0.15) is 0 Å². The van der Waals surface area contributed by atoms with Crippen LogP contribution < -0.4 is 10.1 Å². The molecular weight excluding hydrogens is 376 g/mol. The number of halogens is 1. The van der Waals surface area contributed by atoms with Gasteiger partial charge in [0.2, 0.25) is 5.91 Å². The fourth-order valence-electron chi connectivity index (χ4n) is 3.90. The Balaban J connectivity index is 1.33. The van der Waals surface area contributed by atoms with Gasteiger partial charge in [-0.15, -0.1) is 0 Å². The molecule has 1 atom stereocenters. The number of carbonyl (C=O) groups excluding carboxylic acids is 2. The highest BCUT2D eigenvalue weighted by atomic mass is 35.5. The van der Waals surface area contributed by atoms with Gasteiger partial charge in [-0.25, -0.2) is 0 Å². The normalized spacial score (nSPS) is 19.5. The zero-order chi connectivity index (χ0) is 19.5. The van der Waals surface area contributed by atoms with E-state index in [0.717, 1.165) is 17.7 Å². The summed E-state index contributed by atoms with van der Waals surface area (Å²) in [6.45, 7) is 1.78. The van der Waals surface area contributed by atoms with Crippen molar-refractivity contribution in [2.75, 3.05) is 19.7 Å². The maximum absolute atomic E-state index is 12.8. The Bertz CT molecular complexity index is 860. The number of nitrogens with zero attached hydrogens (tertiary/aromatic N) is 1. The average molecular weight is 399 g/mol. The summed E-state index contributed by atoms with van der Waals surface area (Å²) in [7, 11) is 0. The van der Waals surface area contributed by atoms with E-state index in [-0.39, 0.29) is 23.8 Å². The number of rotatable bonds is 3. The molecule has 0 spiro atoms. The molecule has 28 heavy (non-hydrogen) atoms. The summed E-state index contributed by atoms with van der Waals surface area (Å²) in [4.78, 5) is 27.2. The summed E-state index contributed by atoms with van der Waals surface area (Å²) in [5, 5.41) is 3.80. The molecule has 1 saturated heterocycles. The summed E-state index contributed by atoms with van der Waals surface area (Å²) in [5.41, 5.74) is 1.67. The molecule has 2 aliphatic rings. The minimum Gasteiger partial charge on any atom is -0.493 e. The van der Waals surface area contributed by atoms with Crippen molar-refractivity contribution >= 4 is 23.4 Å². The van der Waals surface area contributed by atoms with Crippen LogP contribution in [-0.2, 0) is 4.79 Å². The standard InChI is InChI=1S/C22H23ClN2O3/c23-17-7-5-16(6-8-17)22(27)25-12-9-15(10-13-25)21(26)24-19-11-14-28-20-4-2-1-3-18(19)20/h1-8,15,19H,9-14H2,(H,24,26)/t19-/m1/s1. The number of para-hydroxylation sites is 1. The van der Waals surface area contributed by atoms with Gasteiger partial charge in [0, 0.05) is 41.6 Å². The van der Waals surface area contributed by atoms with Crippen LogP contribution in [0, 0.1) is 5.92 Å². The second kappa shape index (κ2) is 8.23. The third-order valence-electron chi connectivity index (χ3n) is 5.52. The van der Waals surface area contributed by atoms with Gasteiger partial charge < -0.3 is 15.0 Å². The number of carbonyl (C=O) groups is 2. The number of likely N-dealkylation sites (tertiary alicyclic amines) is 1. The molecule has 0 aliphatic carbocycles. The zero-order valence-corrected chi connectivity index (χ0v) is 16.3. The molecule has 6 heteroatoms. The van der Waals surface area contributed by atoms with Gasteiger partial charge in [-0.1, -0.05) is 29.8 Å². The summed E-state index contributed by atoms with van der Waals surface area (Å²) in [6.07, 6.45) is 2.13. The van der Waals surface area contributed by atoms with Gasteiger partial charge in [0.1, 0.15) is 5.75 Å². The average Bonchev–Trinajstić information content (AvgIpc) is 2.74. The topological polar surface area (TPSA) is 58.6 Å². The van der Waals surface area contributed by atoms with Crippen LogP contribution in [0.15, 0.2) is 48.5 Å². The molecule has 0 saturated carbocycles. The number of piperidine rings is 1. The van der Waals surface area contributed by atoms with Gasteiger partial charge in [0.25, 0.3) is 5.91 Å². The summed E-state index contributed by atoms with van der Waals surface area (Å²) in [6, 6.07) is 14.8. The van der Waals surface area contributed by atoms with E-state index in [4.69, 9.17) is 16.3 Å². The molecule has 0 aromatic heterocycles. The third-order valence-corrected chi connectivity index (χ3v) is 5.77. The number of amides is 2. The maximum atomic E-state index is 12.8. The molecule has 0 unspecified atom stereocenters. The molecule has 2 aromatic carbocycles. The van der Waals surface area contributed by atoms with Crippen LogP contribution >= 0.6 is 11.6 Å². The van der Waals surface area contributed by atoms with Crippen molar-refractivity contribution in [3.63, 3.8) is 0 Å². The van der Waals surface area contributed by atoms with Crippen LogP contribution in [-0.4, -0.2) is 36.4 Å². The first kappa shape index (κ1) is 18.8. The summed E-state index contributed by atoms with van der Waals surface area (Å²) >= 11 is 5.89. The lowest BCUT2D eigenvalue weighted by molar-refractivity contribution is -0.127. The lowest BCUT2D eigenvalue weighted by atomic mass is 9.93. The van der Waals surface area contributed by atoms with Crippen LogP contribution in [0.25, 0.3) is 0 Å². The first-order valence-corrected chi connectivity index (χ1v) is 10.1. The van der Waals surface area contributed by atoms with Gasteiger partial charge >= 0.3 is 0 Å². The smallest absolute Gasteiger partial charge is 0.253 e. The van der Waals surface area contributed by atoms with E-state index >= 15 is 0 Å². The van der Waals surface area contributed by atoms with Crippen molar-refractivity contribution in [3.05, 3.63) is 64.7 Å². The molecule has 2 heterocycles. The SMILES string of the molecule is O=C(N[C@@H]1CCOc2ccccc21)C1CCN(C(=O)c2ccc(Cl)cc2)CC1. The Hall–Kier alpha value is -2.53. The lowest BCUT2D eigenvalue weighted by Crippen LogP contribution is -2.44. The molecule has 0 radical (unpaired) electrons. The monoisotopic (exact) mass is 398 g/mol. The highest BCUT2D eigenvalue weighted by Crippen LogP contribution is 2.32. The van der Waals surface area contributed by atoms with Gasteiger partial charge in [-0.3, -0.25) is 9.59 Å². The molecule has 1 fully saturated rings. The molecule has 1 N–H and O–H groups in total. The Kier molecular flexibility index (Phi) is 5.53. The molecule has 2 aromatic rings. The minimum atomic E-state index is -0.0655. The van der Waals surface area contributed by atoms with E-state index in [1.54, 1.807) is 24.3 Å². The second-order valence-corrected chi connectivity index (χ2v) is 7.75. The van der Waals surface area contributed by atoms with Crippen molar-refractivity contribution in [3.8, 4) is 5.75 Å². The number of ether oxygens (including phenoxy) is 1. The number of nitrogens with one attached hydrogen (secondary N) is 1. The lowest BCUT2D eigenvalue weighted by Gasteiger charge is -2.33. The zero-order valence-electron chi connectivity index (χ0n) is 15.6. The maximum Gasteiger partial charge on any atom is 0.253 e. The predicted octanol–water partition coefficient (Wildman–Crippen LogP) is 3.83. The Labute approximate surface area is 169 Å². The van der Waals surface area contributed by atoms with Gasteiger partial charge in [0.05, 0.1) is 12.6 Å². The first-order chi connectivity index (χ1) is 13.6. The van der Waals surface area contributed by atoms with E-state index in [9.17, 15) is 9.59 Å². The van der Waals surface area contributed by atoms with E-state index in [1.165, 1.54) is 0 Å². The van der Waals surface area contributed by atoms with Crippen LogP contribution in [0.1, 0.15) is 41.2 Å². The fraction of sp³-hybridized carbons (Fsp3) is 0.364. The number of benzene rings is 2. The van der Waals surface area contributed by atoms with E-state index in [0.29, 0.717) is 43.1 Å². The van der Waals surface area contributed by atoms with E-state index in [2.05, 4.69) is 5.32 Å².